The third-order valence-electron chi connectivity index (χ3n) is 0.223. The maximum Gasteiger partial charge on any atom is 0.314 e. The van der Waals surface area contributed by atoms with Gasteiger partial charge in [-0.15, -0.1) is 0 Å². The van der Waals surface area contributed by atoms with Crippen LogP contribution in [0.15, 0.2) is 0 Å². The molecule has 0 aliphatic rings. The van der Waals surface area contributed by atoms with Crippen molar-refractivity contribution < 1.29 is 19.8 Å². The van der Waals surface area contributed by atoms with Crippen molar-refractivity contribution in [2.24, 2.45) is 0 Å². The van der Waals surface area contributed by atoms with Gasteiger partial charge in [-0.3, -0.25) is 4.79 Å². The lowest BCUT2D eigenvalue weighted by molar-refractivity contribution is -0.301. The number of carboxylic acids is 2. The van der Waals surface area contributed by atoms with Crippen LogP contribution in [0, 0.1) is 0 Å². The van der Waals surface area contributed by atoms with Crippen LogP contribution in [0.5, 0.6) is 0 Å². The monoisotopic (exact) mass is 275 g/mol. The number of alkyl halides is 2. The minimum absolute atomic E-state index is 0.0347. The van der Waals surface area contributed by atoms with Gasteiger partial charge in [-0.05, 0) is 0 Å². The average Bonchev–Trinajstić information content (AvgIpc) is 1.89. The first-order valence-electron chi connectivity index (χ1n) is 2.08. The summed E-state index contributed by atoms with van der Waals surface area (Å²) in [5.74, 6) is -1.91. The zero-order valence-electron chi connectivity index (χ0n) is 4.84. The van der Waals surface area contributed by atoms with Gasteiger partial charge in [0.05, 0.1) is 5.97 Å². The lowest BCUT2D eigenvalue weighted by Crippen LogP contribution is -2.22. The summed E-state index contributed by atoms with van der Waals surface area (Å²) in [5, 5.41) is 16.8. The third-order valence-corrected chi connectivity index (χ3v) is 1.16. The highest BCUT2D eigenvalue weighted by Gasteiger charge is 1.83. The van der Waals surface area contributed by atoms with Crippen LogP contribution in [0.1, 0.15) is 0 Å². The molecule has 0 unspecified atom stereocenters. The third kappa shape index (κ3) is 24.7. The molecule has 0 atom stereocenters. The van der Waals surface area contributed by atoms with Crippen LogP contribution in [0.3, 0.4) is 0 Å². The molecule has 0 bridgehead atoms. The van der Waals surface area contributed by atoms with E-state index in [0.717, 1.165) is 0 Å². The van der Waals surface area contributed by atoms with Gasteiger partial charge in [0.1, 0.15) is 5.33 Å². The van der Waals surface area contributed by atoms with Crippen LogP contribution < -0.4 is 5.11 Å². The summed E-state index contributed by atoms with van der Waals surface area (Å²) < 4.78 is 0. The number of rotatable bonds is 2. The first kappa shape index (κ1) is 12.6. The predicted molar refractivity (Wildman–Crippen MR) is 40.2 cm³/mol. The summed E-state index contributed by atoms with van der Waals surface area (Å²) >= 11 is 5.37. The van der Waals surface area contributed by atoms with Gasteiger partial charge in [0, 0.05) is 5.33 Å². The Morgan fingerprint density at radius 1 is 1.30 bits per heavy atom. The molecule has 4 nitrogen and oxygen atoms in total. The molecule has 0 fully saturated rings. The Kier molecular flexibility index (Phi) is 11.2. The van der Waals surface area contributed by atoms with E-state index < -0.39 is 11.9 Å². The second-order valence-corrected chi connectivity index (χ2v) is 2.15. The second kappa shape index (κ2) is 8.90. The molecule has 0 aromatic carbocycles. The molecule has 0 amide bonds. The number of halogens is 2. The van der Waals surface area contributed by atoms with Crippen LogP contribution in [0.25, 0.3) is 0 Å². The van der Waals surface area contributed by atoms with Gasteiger partial charge in [0.25, 0.3) is 0 Å². The second-order valence-electron chi connectivity index (χ2n) is 1.03. The normalized spacial score (nSPS) is 7.40. The molecule has 0 aromatic rings. The fourth-order valence-electron chi connectivity index (χ4n) is 0. The van der Waals surface area contributed by atoms with E-state index in [1.807, 2.05) is 0 Å². The molecule has 0 aliphatic heterocycles. The molecule has 60 valence electrons. The summed E-state index contributed by atoms with van der Waals surface area (Å²) in [6, 6.07) is 0. The highest BCUT2D eigenvalue weighted by molar-refractivity contribution is 9.09. The van der Waals surface area contributed by atoms with E-state index in [0.29, 0.717) is 0 Å². The number of carbonyl (C=O) groups is 2. The van der Waals surface area contributed by atoms with Gasteiger partial charge < -0.3 is 15.0 Å². The first-order chi connectivity index (χ1) is 4.54. The fourth-order valence-corrected chi connectivity index (χ4v) is 0. The van der Waals surface area contributed by atoms with Gasteiger partial charge in [-0.2, -0.15) is 0 Å². The van der Waals surface area contributed by atoms with E-state index in [1.54, 1.807) is 0 Å². The molecular weight excluding hydrogens is 272 g/mol. The van der Waals surface area contributed by atoms with E-state index in [2.05, 4.69) is 31.9 Å². The maximum atomic E-state index is 9.32. The average molecular weight is 277 g/mol. The molecule has 0 spiro atoms. The Bertz CT molecular complexity index is 99.8. The highest BCUT2D eigenvalue weighted by Crippen LogP contribution is 1.73. The number of carboxylic acid groups (broad SMARTS) is 2. The summed E-state index contributed by atoms with van der Waals surface area (Å²) in [4.78, 5) is 18.5. The first-order valence-corrected chi connectivity index (χ1v) is 4.32. The van der Waals surface area contributed by atoms with Crippen LogP contribution in [-0.4, -0.2) is 27.7 Å². The molecule has 0 rings (SSSR count). The SMILES string of the molecule is O=C(O)CBr.O=C([O-])CBr. The van der Waals surface area contributed by atoms with Gasteiger partial charge in [-0.1, -0.05) is 31.9 Å². The maximum absolute atomic E-state index is 9.32. The van der Waals surface area contributed by atoms with Gasteiger partial charge >= 0.3 is 5.97 Å². The molecule has 0 saturated carbocycles. The lowest BCUT2D eigenvalue weighted by Gasteiger charge is -1.85. The Hall–Kier alpha value is -0.100. The van der Waals surface area contributed by atoms with Crippen LogP contribution in [-0.2, 0) is 9.59 Å². The molecule has 0 radical (unpaired) electrons. The molecule has 1 N–H and O–H groups in total. The van der Waals surface area contributed by atoms with Crippen molar-refractivity contribution in [2.75, 3.05) is 10.7 Å². The zero-order chi connectivity index (χ0) is 8.57. The summed E-state index contributed by atoms with van der Waals surface area (Å²) in [7, 11) is 0. The smallest absolute Gasteiger partial charge is 0.314 e. The van der Waals surface area contributed by atoms with E-state index in [1.165, 1.54) is 0 Å². The minimum Gasteiger partial charge on any atom is -0.549 e. The Balaban J connectivity index is 0. The number of hydrogen-bond donors (Lipinski definition) is 1. The molecule has 0 aromatic heterocycles. The number of aliphatic carboxylic acids is 2. The molecule has 0 saturated heterocycles. The Morgan fingerprint density at radius 2 is 1.50 bits per heavy atom. The van der Waals surface area contributed by atoms with Crippen LogP contribution in [0.4, 0.5) is 0 Å². The van der Waals surface area contributed by atoms with Crippen molar-refractivity contribution in [1.29, 1.82) is 0 Å². The van der Waals surface area contributed by atoms with E-state index in [-0.39, 0.29) is 10.7 Å². The van der Waals surface area contributed by atoms with Crippen molar-refractivity contribution in [1.82, 2.24) is 0 Å². The van der Waals surface area contributed by atoms with Crippen LogP contribution >= 0.6 is 31.9 Å². The Labute approximate surface area is 74.5 Å². The van der Waals surface area contributed by atoms with Crippen molar-refractivity contribution >= 4 is 43.8 Å². The van der Waals surface area contributed by atoms with Crippen molar-refractivity contribution in [3.8, 4) is 0 Å². The largest absolute Gasteiger partial charge is 0.549 e. The number of carbonyl (C=O) groups excluding carboxylic acids is 1. The summed E-state index contributed by atoms with van der Waals surface area (Å²) in [6.07, 6.45) is 0. The summed E-state index contributed by atoms with van der Waals surface area (Å²) in [6.45, 7) is 0. The van der Waals surface area contributed by atoms with Crippen molar-refractivity contribution in [3.63, 3.8) is 0 Å². The van der Waals surface area contributed by atoms with E-state index >= 15 is 0 Å². The Morgan fingerprint density at radius 3 is 1.50 bits per heavy atom. The topological polar surface area (TPSA) is 77.4 Å². The van der Waals surface area contributed by atoms with E-state index in [9.17, 15) is 14.7 Å². The fraction of sp³-hybridized carbons (Fsp3) is 0.500. The quantitative estimate of drug-likeness (QED) is 0.696. The predicted octanol–water partition coefficient (Wildman–Crippen LogP) is -0.403. The minimum atomic E-state index is -1.08. The highest BCUT2D eigenvalue weighted by atomic mass is 79.9. The zero-order valence-corrected chi connectivity index (χ0v) is 8.01. The van der Waals surface area contributed by atoms with E-state index in [4.69, 9.17) is 5.11 Å². The molecule has 10 heavy (non-hydrogen) atoms. The number of hydrogen-bond acceptors (Lipinski definition) is 3. The van der Waals surface area contributed by atoms with Gasteiger partial charge in [0.2, 0.25) is 0 Å². The molecular formula is C4H5Br2O4-. The van der Waals surface area contributed by atoms with Crippen molar-refractivity contribution in [2.45, 2.75) is 0 Å². The van der Waals surface area contributed by atoms with Crippen molar-refractivity contribution in [3.05, 3.63) is 0 Å². The van der Waals surface area contributed by atoms with Crippen LogP contribution in [0.2, 0.25) is 0 Å². The summed E-state index contributed by atoms with van der Waals surface area (Å²) in [5.41, 5.74) is 0. The standard InChI is InChI=1S/2C2H3BrO2/c2*3-1-2(4)5/h2*1H2,(H,4,5)/p-1. The molecule has 6 heteroatoms. The lowest BCUT2D eigenvalue weighted by atomic mass is 10.8. The van der Waals surface area contributed by atoms with Gasteiger partial charge in [0.15, 0.2) is 0 Å². The molecule has 0 aliphatic carbocycles. The molecule has 0 heterocycles. The van der Waals surface area contributed by atoms with Gasteiger partial charge in [-0.25, -0.2) is 0 Å².